The molecule has 178 valence electrons. The smallest absolute Gasteiger partial charge is 0.323 e. The number of anilines is 4. The molecule has 0 bridgehead atoms. The van der Waals surface area contributed by atoms with Crippen LogP contribution in [-0.4, -0.2) is 29.6 Å². The van der Waals surface area contributed by atoms with E-state index in [0.717, 1.165) is 29.1 Å². The lowest BCUT2D eigenvalue weighted by molar-refractivity contribution is -0.123. The quantitative estimate of drug-likeness (QED) is 0.416. The standard InChI is InChI=1S/C26H25N5O3S/c27-24(32)14-23-25(33)31(15-16-4-2-1-3-5-16)21-13-19(8-9-22(21)35-23)30-26(34)29-18-7-6-17-10-11-28-20(17)12-18/h1-9,12-13,23,28H,10-11,14-15H2,(H2,27,32)(H2,29,30,34). The third kappa shape index (κ3) is 5.09. The Kier molecular flexibility index (Phi) is 6.33. The first-order valence-corrected chi connectivity index (χ1v) is 12.2. The average Bonchev–Trinajstić information content (AvgIpc) is 3.30. The molecule has 1 unspecified atom stereocenters. The van der Waals surface area contributed by atoms with E-state index in [1.807, 2.05) is 54.6 Å². The highest BCUT2D eigenvalue weighted by Crippen LogP contribution is 2.42. The molecule has 0 saturated carbocycles. The van der Waals surface area contributed by atoms with Crippen molar-refractivity contribution >= 4 is 52.4 Å². The Morgan fingerprint density at radius 2 is 1.77 bits per heavy atom. The maximum absolute atomic E-state index is 13.3. The number of fused-ring (bicyclic) bond motifs is 2. The summed E-state index contributed by atoms with van der Waals surface area (Å²) >= 11 is 1.32. The summed E-state index contributed by atoms with van der Waals surface area (Å²) in [5.74, 6) is -0.701. The number of thioether (sulfide) groups is 1. The van der Waals surface area contributed by atoms with Crippen LogP contribution in [0.25, 0.3) is 0 Å². The van der Waals surface area contributed by atoms with Gasteiger partial charge in [0.05, 0.1) is 17.5 Å². The number of urea groups is 1. The van der Waals surface area contributed by atoms with Crippen LogP contribution in [0.5, 0.6) is 0 Å². The van der Waals surface area contributed by atoms with Crippen LogP contribution in [0.3, 0.4) is 0 Å². The fraction of sp³-hybridized carbons (Fsp3) is 0.192. The third-order valence-electron chi connectivity index (χ3n) is 5.97. The lowest BCUT2D eigenvalue weighted by atomic mass is 10.1. The molecule has 1 atom stereocenters. The summed E-state index contributed by atoms with van der Waals surface area (Å²) < 4.78 is 0. The second kappa shape index (κ2) is 9.71. The molecule has 35 heavy (non-hydrogen) atoms. The van der Waals surface area contributed by atoms with Crippen molar-refractivity contribution in [2.75, 3.05) is 27.4 Å². The fourth-order valence-electron chi connectivity index (χ4n) is 4.30. The van der Waals surface area contributed by atoms with Crippen LogP contribution in [0.4, 0.5) is 27.5 Å². The fourth-order valence-corrected chi connectivity index (χ4v) is 5.52. The number of primary amides is 1. The summed E-state index contributed by atoms with van der Waals surface area (Å²) in [4.78, 5) is 40.0. The summed E-state index contributed by atoms with van der Waals surface area (Å²) in [5.41, 5.74) is 10.6. The lowest BCUT2D eigenvalue weighted by Gasteiger charge is -2.34. The van der Waals surface area contributed by atoms with Crippen molar-refractivity contribution < 1.29 is 14.4 Å². The number of nitrogens with zero attached hydrogens (tertiary/aromatic N) is 1. The van der Waals surface area contributed by atoms with Gasteiger partial charge in [-0.3, -0.25) is 9.59 Å². The number of amides is 4. The molecule has 2 aliphatic heterocycles. The third-order valence-corrected chi connectivity index (χ3v) is 7.22. The summed E-state index contributed by atoms with van der Waals surface area (Å²) in [6, 6.07) is 20.5. The zero-order valence-electron chi connectivity index (χ0n) is 18.9. The molecule has 3 aromatic rings. The molecule has 4 amide bonds. The average molecular weight is 488 g/mol. The summed E-state index contributed by atoms with van der Waals surface area (Å²) in [6.07, 6.45) is 0.944. The van der Waals surface area contributed by atoms with E-state index in [1.54, 1.807) is 17.0 Å². The number of rotatable bonds is 6. The van der Waals surface area contributed by atoms with Gasteiger partial charge in [-0.2, -0.15) is 0 Å². The maximum atomic E-state index is 13.3. The van der Waals surface area contributed by atoms with Gasteiger partial charge in [0.1, 0.15) is 0 Å². The SMILES string of the molecule is NC(=O)CC1Sc2ccc(NC(=O)Nc3ccc4c(c3)NCC4)cc2N(Cc2ccccc2)C1=O. The first-order chi connectivity index (χ1) is 17.0. The van der Waals surface area contributed by atoms with Crippen LogP contribution < -0.4 is 26.6 Å². The van der Waals surface area contributed by atoms with Crippen LogP contribution in [0.1, 0.15) is 17.5 Å². The number of nitrogens with two attached hydrogens (primary N) is 1. The maximum Gasteiger partial charge on any atom is 0.323 e. The lowest BCUT2D eigenvalue weighted by Crippen LogP contribution is -2.42. The molecule has 2 heterocycles. The topological polar surface area (TPSA) is 117 Å². The van der Waals surface area contributed by atoms with Gasteiger partial charge >= 0.3 is 6.03 Å². The summed E-state index contributed by atoms with van der Waals surface area (Å²) in [7, 11) is 0. The number of benzene rings is 3. The molecule has 5 N–H and O–H groups in total. The van der Waals surface area contributed by atoms with E-state index in [0.29, 0.717) is 23.6 Å². The zero-order chi connectivity index (χ0) is 24.4. The Balaban J connectivity index is 1.37. The number of carbonyl (C=O) groups is 3. The van der Waals surface area contributed by atoms with Crippen molar-refractivity contribution in [3.8, 4) is 0 Å². The van der Waals surface area contributed by atoms with Gasteiger partial charge < -0.3 is 26.6 Å². The molecule has 3 aromatic carbocycles. The molecule has 8 nitrogen and oxygen atoms in total. The molecule has 2 aliphatic rings. The van der Waals surface area contributed by atoms with Crippen molar-refractivity contribution in [3.63, 3.8) is 0 Å². The van der Waals surface area contributed by atoms with Gasteiger partial charge in [0.15, 0.2) is 0 Å². The van der Waals surface area contributed by atoms with Gasteiger partial charge in [0.2, 0.25) is 11.8 Å². The number of hydrogen-bond donors (Lipinski definition) is 4. The molecule has 0 radical (unpaired) electrons. The van der Waals surface area contributed by atoms with E-state index < -0.39 is 11.2 Å². The Morgan fingerprint density at radius 1 is 1.03 bits per heavy atom. The van der Waals surface area contributed by atoms with E-state index in [-0.39, 0.29) is 18.4 Å². The normalized spacial score (nSPS) is 16.2. The van der Waals surface area contributed by atoms with E-state index >= 15 is 0 Å². The van der Waals surface area contributed by atoms with Crippen LogP contribution in [0, 0.1) is 0 Å². The van der Waals surface area contributed by atoms with E-state index in [2.05, 4.69) is 16.0 Å². The minimum absolute atomic E-state index is 0.0354. The molecular weight excluding hydrogens is 462 g/mol. The van der Waals surface area contributed by atoms with Gasteiger partial charge in [0, 0.05) is 34.9 Å². The molecule has 0 spiro atoms. The predicted molar refractivity (Wildman–Crippen MR) is 139 cm³/mol. The van der Waals surface area contributed by atoms with Crippen molar-refractivity contribution in [2.24, 2.45) is 5.73 Å². The molecule has 0 aromatic heterocycles. The Hall–Kier alpha value is -3.98. The minimum atomic E-state index is -0.584. The molecule has 5 rings (SSSR count). The van der Waals surface area contributed by atoms with Gasteiger partial charge in [-0.1, -0.05) is 36.4 Å². The Morgan fingerprint density at radius 3 is 2.54 bits per heavy atom. The highest BCUT2D eigenvalue weighted by molar-refractivity contribution is 8.01. The first kappa shape index (κ1) is 22.8. The number of hydrogen-bond acceptors (Lipinski definition) is 5. The summed E-state index contributed by atoms with van der Waals surface area (Å²) in [5, 5.41) is 8.44. The highest BCUT2D eigenvalue weighted by Gasteiger charge is 2.34. The molecular formula is C26H25N5O3S. The van der Waals surface area contributed by atoms with E-state index in [9.17, 15) is 14.4 Å². The van der Waals surface area contributed by atoms with Crippen molar-refractivity contribution in [1.82, 2.24) is 0 Å². The van der Waals surface area contributed by atoms with Gasteiger partial charge in [-0.25, -0.2) is 4.79 Å². The van der Waals surface area contributed by atoms with Crippen molar-refractivity contribution in [3.05, 3.63) is 77.9 Å². The second-order valence-electron chi connectivity index (χ2n) is 8.50. The molecule has 9 heteroatoms. The van der Waals surface area contributed by atoms with Crippen LogP contribution >= 0.6 is 11.8 Å². The second-order valence-corrected chi connectivity index (χ2v) is 9.74. The zero-order valence-corrected chi connectivity index (χ0v) is 19.7. The Bertz CT molecular complexity index is 1300. The Labute approximate surface area is 207 Å². The summed E-state index contributed by atoms with van der Waals surface area (Å²) in [6.45, 7) is 1.25. The number of carbonyl (C=O) groups excluding carboxylic acids is 3. The highest BCUT2D eigenvalue weighted by atomic mass is 32.2. The van der Waals surface area contributed by atoms with Crippen molar-refractivity contribution in [1.29, 1.82) is 0 Å². The predicted octanol–water partition coefficient (Wildman–Crippen LogP) is 4.18. The van der Waals surface area contributed by atoms with Gasteiger partial charge in [-0.15, -0.1) is 11.8 Å². The van der Waals surface area contributed by atoms with E-state index in [1.165, 1.54) is 17.3 Å². The minimum Gasteiger partial charge on any atom is -0.384 e. The van der Waals surface area contributed by atoms with Crippen LogP contribution in [0.2, 0.25) is 0 Å². The van der Waals surface area contributed by atoms with Crippen LogP contribution in [-0.2, 0) is 22.6 Å². The van der Waals surface area contributed by atoms with Crippen LogP contribution in [0.15, 0.2) is 71.6 Å². The first-order valence-electron chi connectivity index (χ1n) is 11.4. The van der Waals surface area contributed by atoms with Crippen molar-refractivity contribution in [2.45, 2.75) is 29.5 Å². The molecule has 0 aliphatic carbocycles. The molecule has 0 fully saturated rings. The largest absolute Gasteiger partial charge is 0.384 e. The number of nitrogens with one attached hydrogen (secondary N) is 3. The monoisotopic (exact) mass is 487 g/mol. The van der Waals surface area contributed by atoms with E-state index in [4.69, 9.17) is 5.73 Å². The van der Waals surface area contributed by atoms with Gasteiger partial charge in [0.25, 0.3) is 0 Å². The molecule has 0 saturated heterocycles. The van der Waals surface area contributed by atoms with Gasteiger partial charge in [-0.05, 0) is 47.9 Å².